The van der Waals surface area contributed by atoms with E-state index in [-0.39, 0.29) is 12.2 Å². The zero-order valence-electron chi connectivity index (χ0n) is 6.53. The SMILES string of the molecule is FC1C=CC(F)(F)C(F)C(F)(F)C1F. The van der Waals surface area contributed by atoms with Crippen molar-refractivity contribution < 1.29 is 30.7 Å². The van der Waals surface area contributed by atoms with Crippen LogP contribution in [0.5, 0.6) is 0 Å². The van der Waals surface area contributed by atoms with E-state index in [1.165, 1.54) is 0 Å². The summed E-state index contributed by atoms with van der Waals surface area (Å²) in [5.74, 6) is -9.60. The van der Waals surface area contributed by atoms with Crippen molar-refractivity contribution in [3.8, 4) is 0 Å². The van der Waals surface area contributed by atoms with Crippen LogP contribution in [-0.2, 0) is 0 Å². The fraction of sp³-hybridized carbons (Fsp3) is 0.714. The van der Waals surface area contributed by atoms with Gasteiger partial charge in [0.25, 0.3) is 0 Å². The maximum absolute atomic E-state index is 12.5. The molecule has 0 fully saturated rings. The summed E-state index contributed by atoms with van der Waals surface area (Å²) in [5, 5.41) is 0. The van der Waals surface area contributed by atoms with Crippen molar-refractivity contribution >= 4 is 0 Å². The molecule has 1 rings (SSSR count). The Morgan fingerprint density at radius 2 is 1.43 bits per heavy atom. The highest BCUT2D eigenvalue weighted by molar-refractivity contribution is 5.14. The van der Waals surface area contributed by atoms with Crippen LogP contribution < -0.4 is 0 Å². The molecule has 0 aromatic carbocycles. The molecule has 0 radical (unpaired) electrons. The van der Waals surface area contributed by atoms with Crippen LogP contribution >= 0.6 is 0 Å². The van der Waals surface area contributed by atoms with Crippen LogP contribution in [0.4, 0.5) is 30.7 Å². The van der Waals surface area contributed by atoms with E-state index in [0.29, 0.717) is 0 Å². The van der Waals surface area contributed by atoms with Crippen LogP contribution in [0.3, 0.4) is 0 Å². The van der Waals surface area contributed by atoms with Crippen molar-refractivity contribution in [2.75, 3.05) is 0 Å². The third kappa shape index (κ3) is 1.59. The average molecular weight is 222 g/mol. The van der Waals surface area contributed by atoms with E-state index in [1.54, 1.807) is 0 Å². The average Bonchev–Trinajstić information content (AvgIpc) is 2.14. The summed E-state index contributed by atoms with van der Waals surface area (Å²) in [4.78, 5) is 0. The highest BCUT2D eigenvalue weighted by Gasteiger charge is 2.62. The minimum atomic E-state index is -5.04. The van der Waals surface area contributed by atoms with Crippen LogP contribution in [0.2, 0.25) is 0 Å². The zero-order valence-corrected chi connectivity index (χ0v) is 6.53. The molecule has 0 nitrogen and oxygen atoms in total. The third-order valence-electron chi connectivity index (χ3n) is 1.83. The lowest BCUT2D eigenvalue weighted by Gasteiger charge is -2.25. The normalized spacial score (nSPS) is 40.6. The van der Waals surface area contributed by atoms with Gasteiger partial charge in [-0.3, -0.25) is 0 Å². The number of halogens is 7. The van der Waals surface area contributed by atoms with Crippen LogP contribution in [0.25, 0.3) is 0 Å². The van der Waals surface area contributed by atoms with Gasteiger partial charge in [-0.25, -0.2) is 13.2 Å². The molecule has 0 saturated heterocycles. The van der Waals surface area contributed by atoms with Crippen molar-refractivity contribution in [3.05, 3.63) is 12.2 Å². The van der Waals surface area contributed by atoms with Crippen molar-refractivity contribution in [1.82, 2.24) is 0 Å². The molecule has 0 aromatic rings. The summed E-state index contributed by atoms with van der Waals surface area (Å²) >= 11 is 0. The highest BCUT2D eigenvalue weighted by Crippen LogP contribution is 2.42. The van der Waals surface area contributed by atoms with E-state index in [1.807, 2.05) is 0 Å². The summed E-state index contributed by atoms with van der Waals surface area (Å²) in [5.41, 5.74) is 0. The Labute approximate surface area is 74.4 Å². The van der Waals surface area contributed by atoms with Crippen LogP contribution in [0.15, 0.2) is 12.2 Å². The number of allylic oxidation sites excluding steroid dienone is 2. The quantitative estimate of drug-likeness (QED) is 0.436. The molecule has 0 saturated carbocycles. The van der Waals surface area contributed by atoms with Gasteiger partial charge in [0.15, 0.2) is 6.17 Å². The Bertz CT molecular complexity index is 246. The van der Waals surface area contributed by atoms with Gasteiger partial charge in [0.05, 0.1) is 0 Å². The number of hydrogen-bond acceptors (Lipinski definition) is 0. The first-order valence-corrected chi connectivity index (χ1v) is 3.57. The molecule has 0 heterocycles. The second kappa shape index (κ2) is 3.13. The molecule has 0 bridgehead atoms. The largest absolute Gasteiger partial charge is 0.318 e. The van der Waals surface area contributed by atoms with Gasteiger partial charge in [0.2, 0.25) is 12.3 Å². The Hall–Kier alpha value is -0.750. The summed E-state index contributed by atoms with van der Waals surface area (Å²) < 4.78 is 87.2. The second-order valence-corrected chi connectivity index (χ2v) is 2.92. The smallest absolute Gasteiger partial charge is 0.239 e. The summed E-state index contributed by atoms with van der Waals surface area (Å²) in [6.45, 7) is 0. The van der Waals surface area contributed by atoms with Gasteiger partial charge < -0.3 is 0 Å². The van der Waals surface area contributed by atoms with E-state index in [0.717, 1.165) is 0 Å². The molecule has 3 unspecified atom stereocenters. The van der Waals surface area contributed by atoms with Gasteiger partial charge in [-0.1, -0.05) is 0 Å². The fourth-order valence-corrected chi connectivity index (χ4v) is 1.01. The third-order valence-corrected chi connectivity index (χ3v) is 1.83. The summed E-state index contributed by atoms with van der Waals surface area (Å²) in [6, 6.07) is 0. The van der Waals surface area contributed by atoms with E-state index in [2.05, 4.69) is 0 Å². The first-order chi connectivity index (χ1) is 6.19. The lowest BCUT2D eigenvalue weighted by atomic mass is 10.0. The molecular formula is C7H5F7. The second-order valence-electron chi connectivity index (χ2n) is 2.92. The molecule has 0 aliphatic heterocycles. The molecule has 1 aliphatic carbocycles. The van der Waals surface area contributed by atoms with Gasteiger partial charge in [0.1, 0.15) is 0 Å². The molecular weight excluding hydrogens is 217 g/mol. The van der Waals surface area contributed by atoms with Gasteiger partial charge >= 0.3 is 11.8 Å². The van der Waals surface area contributed by atoms with Gasteiger partial charge in [-0.05, 0) is 12.2 Å². The summed E-state index contributed by atoms with van der Waals surface area (Å²) in [6.07, 6.45) is -11.1. The lowest BCUT2D eigenvalue weighted by Crippen LogP contribution is -2.49. The van der Waals surface area contributed by atoms with Crippen molar-refractivity contribution in [1.29, 1.82) is 0 Å². The fourth-order valence-electron chi connectivity index (χ4n) is 1.01. The topological polar surface area (TPSA) is 0 Å². The van der Waals surface area contributed by atoms with Crippen molar-refractivity contribution in [3.63, 3.8) is 0 Å². The maximum atomic E-state index is 12.5. The molecule has 82 valence electrons. The number of alkyl halides is 7. The van der Waals surface area contributed by atoms with E-state index < -0.39 is 30.4 Å². The number of hydrogen-bond donors (Lipinski definition) is 0. The Morgan fingerprint density at radius 1 is 0.929 bits per heavy atom. The molecule has 0 spiro atoms. The van der Waals surface area contributed by atoms with Crippen LogP contribution in [-0.4, -0.2) is 30.4 Å². The highest BCUT2D eigenvalue weighted by atomic mass is 19.3. The minimum Gasteiger partial charge on any atom is -0.239 e. The summed E-state index contributed by atoms with van der Waals surface area (Å²) in [7, 11) is 0. The van der Waals surface area contributed by atoms with Gasteiger partial charge in [-0.2, -0.15) is 17.6 Å². The first kappa shape index (κ1) is 11.3. The van der Waals surface area contributed by atoms with E-state index >= 15 is 0 Å². The Morgan fingerprint density at radius 3 is 1.93 bits per heavy atom. The molecule has 0 amide bonds. The first-order valence-electron chi connectivity index (χ1n) is 3.57. The lowest BCUT2D eigenvalue weighted by molar-refractivity contribution is -0.192. The zero-order chi connectivity index (χ0) is 11.1. The molecule has 1 aliphatic rings. The van der Waals surface area contributed by atoms with Crippen LogP contribution in [0, 0.1) is 0 Å². The molecule has 14 heavy (non-hydrogen) atoms. The monoisotopic (exact) mass is 222 g/mol. The van der Waals surface area contributed by atoms with Gasteiger partial charge in [-0.15, -0.1) is 0 Å². The predicted molar refractivity (Wildman–Crippen MR) is 33.7 cm³/mol. The van der Waals surface area contributed by atoms with Crippen molar-refractivity contribution in [2.24, 2.45) is 0 Å². The Kier molecular flexibility index (Phi) is 2.53. The number of rotatable bonds is 0. The van der Waals surface area contributed by atoms with Crippen molar-refractivity contribution in [2.45, 2.75) is 30.4 Å². The minimum absolute atomic E-state index is 0.0991. The predicted octanol–water partition coefficient (Wildman–Crippen LogP) is 2.84. The molecule has 0 aromatic heterocycles. The van der Waals surface area contributed by atoms with E-state index in [4.69, 9.17) is 0 Å². The molecule has 0 N–H and O–H groups in total. The van der Waals surface area contributed by atoms with E-state index in [9.17, 15) is 30.7 Å². The Balaban J connectivity index is 3.11. The maximum Gasteiger partial charge on any atom is 0.318 e. The molecule has 3 atom stereocenters. The molecule has 7 heteroatoms. The standard InChI is InChI=1S/C7H5F7/c8-3-1-2-6(11,12)5(10)7(13,14)4(3)9/h1-5H. The van der Waals surface area contributed by atoms with Crippen LogP contribution in [0.1, 0.15) is 0 Å². The van der Waals surface area contributed by atoms with Gasteiger partial charge in [0, 0.05) is 0 Å².